The number of hydrogen-bond donors (Lipinski definition) is 2. The molecule has 6 rings (SSSR count). The van der Waals surface area contributed by atoms with Crippen LogP contribution in [0.3, 0.4) is 0 Å². The van der Waals surface area contributed by atoms with Crippen molar-refractivity contribution in [1.82, 2.24) is 4.90 Å². The summed E-state index contributed by atoms with van der Waals surface area (Å²) in [5, 5.41) is 19.5. The number of aliphatic hydroxyl groups excluding tert-OH is 2. The topological polar surface area (TPSA) is 99.5 Å². The highest BCUT2D eigenvalue weighted by Crippen LogP contribution is 2.43. The molecule has 3 aromatic rings. The predicted octanol–water partition coefficient (Wildman–Crippen LogP) is 3.84. The Morgan fingerprint density at radius 3 is 2.26 bits per heavy atom. The Morgan fingerprint density at radius 2 is 1.62 bits per heavy atom. The molecule has 0 radical (unpaired) electrons. The SMILES string of the molecule is CC1C(CN2CCC(O)C2)OC(c2cccc(N3C(=O)c4ccccc4C3=O)c2)OC1c1ccc(CO)cc1. The second-order valence-corrected chi connectivity index (χ2v) is 10.6. The molecule has 0 aromatic heterocycles. The van der Waals surface area contributed by atoms with Gasteiger partial charge in [0, 0.05) is 31.1 Å². The fraction of sp³-hybridized carbons (Fsp3) is 0.355. The number of carbonyl (C=O) groups excluding carboxylic acids is 2. The molecular weight excluding hydrogens is 496 g/mol. The van der Waals surface area contributed by atoms with Crippen molar-refractivity contribution in [2.24, 2.45) is 5.92 Å². The van der Waals surface area contributed by atoms with E-state index in [9.17, 15) is 19.8 Å². The molecule has 0 bridgehead atoms. The third-order valence-electron chi connectivity index (χ3n) is 8.00. The van der Waals surface area contributed by atoms with Crippen molar-refractivity contribution in [1.29, 1.82) is 0 Å². The van der Waals surface area contributed by atoms with E-state index in [-0.39, 0.29) is 42.7 Å². The number of carbonyl (C=O) groups is 2. The molecule has 8 heteroatoms. The zero-order valence-corrected chi connectivity index (χ0v) is 21.8. The van der Waals surface area contributed by atoms with Crippen LogP contribution in [0.15, 0.2) is 72.8 Å². The molecule has 0 spiro atoms. The first-order valence-electron chi connectivity index (χ1n) is 13.4. The van der Waals surface area contributed by atoms with E-state index in [1.165, 1.54) is 4.90 Å². The summed E-state index contributed by atoms with van der Waals surface area (Å²) in [6, 6.07) is 21.8. The van der Waals surface area contributed by atoms with Gasteiger partial charge in [-0.2, -0.15) is 0 Å². The molecule has 2 amide bonds. The first-order valence-corrected chi connectivity index (χ1v) is 13.4. The smallest absolute Gasteiger partial charge is 0.266 e. The number of nitrogens with zero attached hydrogens (tertiary/aromatic N) is 2. The maximum absolute atomic E-state index is 13.1. The summed E-state index contributed by atoms with van der Waals surface area (Å²) in [7, 11) is 0. The van der Waals surface area contributed by atoms with Crippen LogP contribution in [0.5, 0.6) is 0 Å². The summed E-state index contributed by atoms with van der Waals surface area (Å²) in [4.78, 5) is 29.6. The van der Waals surface area contributed by atoms with E-state index in [2.05, 4.69) is 11.8 Å². The van der Waals surface area contributed by atoms with Gasteiger partial charge in [0.15, 0.2) is 6.29 Å². The van der Waals surface area contributed by atoms with E-state index in [0.29, 0.717) is 35.5 Å². The molecule has 0 aliphatic carbocycles. The molecule has 3 aromatic carbocycles. The number of imide groups is 1. The molecule has 2 saturated heterocycles. The monoisotopic (exact) mass is 528 g/mol. The number of rotatable bonds is 6. The van der Waals surface area contributed by atoms with Gasteiger partial charge in [0.05, 0.1) is 41.7 Å². The summed E-state index contributed by atoms with van der Waals surface area (Å²) in [5.74, 6) is -0.684. The van der Waals surface area contributed by atoms with Crippen LogP contribution in [0, 0.1) is 5.92 Å². The van der Waals surface area contributed by atoms with Crippen LogP contribution >= 0.6 is 0 Å². The molecule has 2 N–H and O–H groups in total. The Bertz CT molecular complexity index is 1340. The number of β-amino-alcohol motifs (C(OH)–C–C–N with tert-alkyl or cyclic N) is 1. The second kappa shape index (κ2) is 10.6. The minimum Gasteiger partial charge on any atom is -0.392 e. The van der Waals surface area contributed by atoms with Gasteiger partial charge in [-0.3, -0.25) is 14.5 Å². The van der Waals surface area contributed by atoms with Crippen molar-refractivity contribution < 1.29 is 29.3 Å². The number of benzene rings is 3. The molecule has 5 unspecified atom stereocenters. The van der Waals surface area contributed by atoms with Gasteiger partial charge in [-0.1, -0.05) is 55.5 Å². The van der Waals surface area contributed by atoms with Crippen LogP contribution in [0.25, 0.3) is 0 Å². The van der Waals surface area contributed by atoms with E-state index >= 15 is 0 Å². The number of hydrogen-bond acceptors (Lipinski definition) is 7. The van der Waals surface area contributed by atoms with Gasteiger partial charge in [-0.15, -0.1) is 0 Å². The van der Waals surface area contributed by atoms with Crippen molar-refractivity contribution in [3.05, 3.63) is 101 Å². The van der Waals surface area contributed by atoms with Crippen LogP contribution in [0.1, 0.15) is 63.1 Å². The zero-order valence-electron chi connectivity index (χ0n) is 21.8. The average Bonchev–Trinajstić information content (AvgIpc) is 3.49. The number of likely N-dealkylation sites (tertiary alicyclic amines) is 1. The van der Waals surface area contributed by atoms with Gasteiger partial charge < -0.3 is 19.7 Å². The summed E-state index contributed by atoms with van der Waals surface area (Å²) in [6.45, 7) is 4.15. The fourth-order valence-electron chi connectivity index (χ4n) is 5.79. The normalized spacial score (nSPS) is 27.3. The van der Waals surface area contributed by atoms with E-state index in [4.69, 9.17) is 9.47 Å². The maximum atomic E-state index is 13.1. The molecule has 8 nitrogen and oxygen atoms in total. The van der Waals surface area contributed by atoms with Crippen molar-refractivity contribution in [3.63, 3.8) is 0 Å². The Labute approximate surface area is 227 Å². The summed E-state index contributed by atoms with van der Waals surface area (Å²) >= 11 is 0. The van der Waals surface area contributed by atoms with Crippen LogP contribution in [-0.2, 0) is 16.1 Å². The van der Waals surface area contributed by atoms with E-state index < -0.39 is 6.29 Å². The molecular formula is C31H32N2O6. The Hall–Kier alpha value is -3.40. The van der Waals surface area contributed by atoms with Gasteiger partial charge in [0.2, 0.25) is 0 Å². The lowest BCUT2D eigenvalue weighted by molar-refractivity contribution is -0.276. The molecule has 3 aliphatic rings. The summed E-state index contributed by atoms with van der Waals surface area (Å²) < 4.78 is 13.1. The highest BCUT2D eigenvalue weighted by molar-refractivity contribution is 6.34. The molecule has 2 fully saturated rings. The standard InChI is InChI=1S/C31H32N2O6/c1-19-27(17-32-14-13-24(35)16-32)38-31(39-28(19)21-11-9-20(18-34)10-12-21)22-5-4-6-23(15-22)33-29(36)25-7-2-3-8-26(25)30(33)37/h2-12,15,19,24,27-28,31,34-35H,13-14,16-18H2,1H3. The molecule has 3 aliphatic heterocycles. The van der Waals surface area contributed by atoms with Gasteiger partial charge in [0.1, 0.15) is 0 Å². The Morgan fingerprint density at radius 1 is 0.897 bits per heavy atom. The quantitative estimate of drug-likeness (QED) is 0.469. The fourth-order valence-corrected chi connectivity index (χ4v) is 5.79. The van der Waals surface area contributed by atoms with E-state index in [1.807, 2.05) is 30.3 Å². The molecule has 202 valence electrons. The van der Waals surface area contributed by atoms with Crippen molar-refractivity contribution >= 4 is 17.5 Å². The van der Waals surface area contributed by atoms with E-state index in [1.54, 1.807) is 42.5 Å². The first-order chi connectivity index (χ1) is 18.9. The summed E-state index contributed by atoms with van der Waals surface area (Å²) in [6.07, 6.45) is -0.767. The van der Waals surface area contributed by atoms with E-state index in [0.717, 1.165) is 24.1 Å². The van der Waals surface area contributed by atoms with Crippen LogP contribution in [0.4, 0.5) is 5.69 Å². The third kappa shape index (κ3) is 4.90. The highest BCUT2D eigenvalue weighted by Gasteiger charge is 2.41. The minimum atomic E-state index is -0.726. The molecule has 3 heterocycles. The third-order valence-corrected chi connectivity index (χ3v) is 8.00. The van der Waals surface area contributed by atoms with Crippen molar-refractivity contribution in [3.8, 4) is 0 Å². The number of amides is 2. The predicted molar refractivity (Wildman–Crippen MR) is 144 cm³/mol. The number of aliphatic hydroxyl groups is 2. The molecule has 0 saturated carbocycles. The van der Waals surface area contributed by atoms with Crippen LogP contribution < -0.4 is 4.90 Å². The number of ether oxygens (including phenoxy) is 2. The Kier molecular flexibility index (Phi) is 7.05. The molecule has 39 heavy (non-hydrogen) atoms. The van der Waals surface area contributed by atoms with Gasteiger partial charge in [0.25, 0.3) is 11.8 Å². The van der Waals surface area contributed by atoms with Gasteiger partial charge in [-0.05, 0) is 41.8 Å². The largest absolute Gasteiger partial charge is 0.392 e. The lowest BCUT2D eigenvalue weighted by Gasteiger charge is -2.42. The lowest BCUT2D eigenvalue weighted by atomic mass is 9.90. The van der Waals surface area contributed by atoms with Crippen molar-refractivity contribution in [2.75, 3.05) is 24.5 Å². The lowest BCUT2D eigenvalue weighted by Crippen LogP contribution is -2.44. The average molecular weight is 529 g/mol. The summed E-state index contributed by atoms with van der Waals surface area (Å²) in [5.41, 5.74) is 3.77. The maximum Gasteiger partial charge on any atom is 0.266 e. The van der Waals surface area contributed by atoms with Gasteiger partial charge >= 0.3 is 0 Å². The Balaban J connectivity index is 1.30. The van der Waals surface area contributed by atoms with Gasteiger partial charge in [-0.25, -0.2) is 4.90 Å². The zero-order chi connectivity index (χ0) is 27.1. The number of anilines is 1. The minimum absolute atomic E-state index is 0.0124. The van der Waals surface area contributed by atoms with Crippen LogP contribution in [0.2, 0.25) is 0 Å². The highest BCUT2D eigenvalue weighted by atomic mass is 16.7. The molecule has 5 atom stereocenters. The van der Waals surface area contributed by atoms with Crippen molar-refractivity contribution in [2.45, 2.75) is 44.6 Å². The second-order valence-electron chi connectivity index (χ2n) is 10.6. The van der Waals surface area contributed by atoms with Crippen LogP contribution in [-0.4, -0.2) is 58.8 Å². The number of fused-ring (bicyclic) bond motifs is 1. The first kappa shape index (κ1) is 25.9.